The summed E-state index contributed by atoms with van der Waals surface area (Å²) in [4.78, 5) is 13.7. The SMILES string of the molecule is CC(C)CCN(C=O)C1(c2ccccc2)CCCC1. The highest BCUT2D eigenvalue weighted by atomic mass is 16.1. The Labute approximate surface area is 116 Å². The molecular weight excluding hydrogens is 234 g/mol. The lowest BCUT2D eigenvalue weighted by atomic mass is 9.86. The Balaban J connectivity index is 2.25. The number of carbonyl (C=O) groups excluding carboxylic acids is 1. The zero-order valence-electron chi connectivity index (χ0n) is 12.1. The monoisotopic (exact) mass is 259 g/mol. The Hall–Kier alpha value is -1.31. The van der Waals surface area contributed by atoms with Gasteiger partial charge in [-0.1, -0.05) is 57.0 Å². The van der Waals surface area contributed by atoms with Crippen molar-refractivity contribution in [1.29, 1.82) is 0 Å². The number of carbonyl (C=O) groups is 1. The van der Waals surface area contributed by atoms with E-state index in [0.717, 1.165) is 32.2 Å². The molecule has 0 aromatic heterocycles. The molecule has 1 aliphatic rings. The van der Waals surface area contributed by atoms with Gasteiger partial charge in [0.05, 0.1) is 5.54 Å². The lowest BCUT2D eigenvalue weighted by Gasteiger charge is -2.40. The second-order valence-electron chi connectivity index (χ2n) is 6.09. The van der Waals surface area contributed by atoms with E-state index in [4.69, 9.17) is 0 Å². The van der Waals surface area contributed by atoms with Crippen LogP contribution < -0.4 is 0 Å². The average molecular weight is 259 g/mol. The third kappa shape index (κ3) is 2.99. The van der Waals surface area contributed by atoms with Crippen molar-refractivity contribution in [2.45, 2.75) is 51.5 Å². The lowest BCUT2D eigenvalue weighted by molar-refractivity contribution is -0.124. The topological polar surface area (TPSA) is 20.3 Å². The van der Waals surface area contributed by atoms with E-state index in [0.29, 0.717) is 5.92 Å². The zero-order valence-corrected chi connectivity index (χ0v) is 12.1. The van der Waals surface area contributed by atoms with Crippen LogP contribution in [0, 0.1) is 5.92 Å². The fourth-order valence-electron chi connectivity index (χ4n) is 3.21. The molecule has 0 aliphatic heterocycles. The Morgan fingerprint density at radius 1 is 1.21 bits per heavy atom. The van der Waals surface area contributed by atoms with Gasteiger partial charge in [0.15, 0.2) is 0 Å². The summed E-state index contributed by atoms with van der Waals surface area (Å²) >= 11 is 0. The maximum absolute atomic E-state index is 11.6. The summed E-state index contributed by atoms with van der Waals surface area (Å²) in [5, 5.41) is 0. The maximum atomic E-state index is 11.6. The fraction of sp³-hybridized carbons (Fsp3) is 0.588. The van der Waals surface area contributed by atoms with E-state index in [2.05, 4.69) is 43.0 Å². The lowest BCUT2D eigenvalue weighted by Crippen LogP contribution is -2.44. The van der Waals surface area contributed by atoms with Gasteiger partial charge in [-0.2, -0.15) is 0 Å². The van der Waals surface area contributed by atoms with Crippen LogP contribution in [0.3, 0.4) is 0 Å². The van der Waals surface area contributed by atoms with Gasteiger partial charge in [-0.25, -0.2) is 0 Å². The molecule has 104 valence electrons. The van der Waals surface area contributed by atoms with Gasteiger partial charge < -0.3 is 4.90 Å². The first-order valence-corrected chi connectivity index (χ1v) is 7.46. The minimum Gasteiger partial charge on any atom is -0.336 e. The Bertz CT molecular complexity index is 393. The summed E-state index contributed by atoms with van der Waals surface area (Å²) in [6, 6.07) is 10.6. The third-order valence-electron chi connectivity index (χ3n) is 4.37. The van der Waals surface area contributed by atoms with Crippen molar-refractivity contribution in [3.63, 3.8) is 0 Å². The number of amides is 1. The molecule has 0 atom stereocenters. The molecular formula is C17H25NO. The van der Waals surface area contributed by atoms with Gasteiger partial charge in [0.2, 0.25) is 6.41 Å². The van der Waals surface area contributed by atoms with Crippen molar-refractivity contribution >= 4 is 6.41 Å². The van der Waals surface area contributed by atoms with Crippen molar-refractivity contribution in [1.82, 2.24) is 4.90 Å². The largest absolute Gasteiger partial charge is 0.336 e. The predicted octanol–water partition coefficient (Wildman–Crippen LogP) is 3.96. The molecule has 19 heavy (non-hydrogen) atoms. The smallest absolute Gasteiger partial charge is 0.210 e. The van der Waals surface area contributed by atoms with Crippen molar-refractivity contribution in [2.24, 2.45) is 5.92 Å². The third-order valence-corrected chi connectivity index (χ3v) is 4.37. The van der Waals surface area contributed by atoms with Crippen LogP contribution in [0.1, 0.15) is 51.5 Å². The molecule has 0 bridgehead atoms. The molecule has 1 saturated carbocycles. The van der Waals surface area contributed by atoms with E-state index in [9.17, 15) is 4.79 Å². The number of rotatable bonds is 6. The first-order chi connectivity index (χ1) is 9.19. The molecule has 1 amide bonds. The molecule has 0 radical (unpaired) electrons. The standard InChI is InChI=1S/C17H25NO/c1-15(2)10-13-18(14-19)17(11-6-7-12-17)16-8-4-3-5-9-16/h3-5,8-9,14-15H,6-7,10-13H2,1-2H3. The molecule has 0 unspecified atom stereocenters. The molecule has 0 saturated heterocycles. The van der Waals surface area contributed by atoms with E-state index < -0.39 is 0 Å². The number of benzene rings is 1. The summed E-state index contributed by atoms with van der Waals surface area (Å²) in [6.07, 6.45) is 6.80. The first kappa shape index (κ1) is 14.1. The van der Waals surface area contributed by atoms with Crippen LogP contribution in [0.15, 0.2) is 30.3 Å². The second-order valence-corrected chi connectivity index (χ2v) is 6.09. The summed E-state index contributed by atoms with van der Waals surface area (Å²) in [6.45, 7) is 5.30. The molecule has 0 N–H and O–H groups in total. The molecule has 0 heterocycles. The minimum absolute atomic E-state index is 0.0437. The van der Waals surface area contributed by atoms with Gasteiger partial charge in [-0.3, -0.25) is 4.79 Å². The normalized spacial score (nSPS) is 17.6. The van der Waals surface area contributed by atoms with Gasteiger partial charge in [0.25, 0.3) is 0 Å². The number of hydrogen-bond acceptors (Lipinski definition) is 1. The maximum Gasteiger partial charge on any atom is 0.210 e. The highest BCUT2D eigenvalue weighted by Gasteiger charge is 2.40. The summed E-state index contributed by atoms with van der Waals surface area (Å²) in [7, 11) is 0. The number of nitrogens with zero attached hydrogens (tertiary/aromatic N) is 1. The van der Waals surface area contributed by atoms with Crippen LogP contribution in [0.4, 0.5) is 0 Å². The van der Waals surface area contributed by atoms with E-state index in [-0.39, 0.29) is 5.54 Å². The average Bonchev–Trinajstić information content (AvgIpc) is 2.91. The second kappa shape index (κ2) is 6.23. The molecule has 2 nitrogen and oxygen atoms in total. The van der Waals surface area contributed by atoms with Crippen molar-refractivity contribution in [3.05, 3.63) is 35.9 Å². The summed E-state index contributed by atoms with van der Waals surface area (Å²) in [5.41, 5.74) is 1.26. The van der Waals surface area contributed by atoms with Gasteiger partial charge in [-0.15, -0.1) is 0 Å². The van der Waals surface area contributed by atoms with E-state index >= 15 is 0 Å². The van der Waals surface area contributed by atoms with Gasteiger partial charge in [-0.05, 0) is 30.7 Å². The Kier molecular flexibility index (Phi) is 4.62. The van der Waals surface area contributed by atoms with Gasteiger partial charge >= 0.3 is 0 Å². The zero-order chi connectivity index (χ0) is 13.7. The van der Waals surface area contributed by atoms with Crippen molar-refractivity contribution < 1.29 is 4.79 Å². The molecule has 0 spiro atoms. The van der Waals surface area contributed by atoms with Crippen LogP contribution in [0.5, 0.6) is 0 Å². The summed E-state index contributed by atoms with van der Waals surface area (Å²) in [5.74, 6) is 0.636. The minimum atomic E-state index is -0.0437. The predicted molar refractivity (Wildman–Crippen MR) is 78.8 cm³/mol. The van der Waals surface area contributed by atoms with Crippen LogP contribution >= 0.6 is 0 Å². The molecule has 1 aromatic carbocycles. The summed E-state index contributed by atoms with van der Waals surface area (Å²) < 4.78 is 0. The van der Waals surface area contributed by atoms with Crippen LogP contribution in [0.25, 0.3) is 0 Å². The van der Waals surface area contributed by atoms with Crippen LogP contribution in [0.2, 0.25) is 0 Å². The van der Waals surface area contributed by atoms with Crippen LogP contribution in [-0.4, -0.2) is 17.9 Å². The quantitative estimate of drug-likeness (QED) is 0.708. The molecule has 1 fully saturated rings. The van der Waals surface area contributed by atoms with E-state index in [1.807, 2.05) is 6.07 Å². The first-order valence-electron chi connectivity index (χ1n) is 7.46. The molecule has 1 aromatic rings. The van der Waals surface area contributed by atoms with E-state index in [1.54, 1.807) is 0 Å². The van der Waals surface area contributed by atoms with Gasteiger partial charge in [0.1, 0.15) is 0 Å². The highest BCUT2D eigenvalue weighted by molar-refractivity contribution is 5.51. The fourth-order valence-corrected chi connectivity index (χ4v) is 3.21. The van der Waals surface area contributed by atoms with Crippen LogP contribution in [-0.2, 0) is 10.3 Å². The molecule has 2 rings (SSSR count). The molecule has 1 aliphatic carbocycles. The highest BCUT2D eigenvalue weighted by Crippen LogP contribution is 2.43. The van der Waals surface area contributed by atoms with Crippen molar-refractivity contribution in [3.8, 4) is 0 Å². The van der Waals surface area contributed by atoms with Gasteiger partial charge in [0, 0.05) is 6.54 Å². The Morgan fingerprint density at radius 3 is 2.37 bits per heavy atom. The molecule has 2 heteroatoms. The van der Waals surface area contributed by atoms with Crippen molar-refractivity contribution in [2.75, 3.05) is 6.54 Å². The number of hydrogen-bond donors (Lipinski definition) is 0. The van der Waals surface area contributed by atoms with E-state index in [1.165, 1.54) is 18.4 Å². The Morgan fingerprint density at radius 2 is 1.84 bits per heavy atom.